The second-order valence-electron chi connectivity index (χ2n) is 5.13. The smallest absolute Gasteiger partial charge is 0.223 e. The highest BCUT2D eigenvalue weighted by atomic mass is 16.2. The summed E-state index contributed by atoms with van der Waals surface area (Å²) in [5.41, 5.74) is 4.41. The highest BCUT2D eigenvalue weighted by Crippen LogP contribution is 2.30. The van der Waals surface area contributed by atoms with E-state index in [1.165, 1.54) is 5.56 Å². The number of aromatic nitrogens is 2. The van der Waals surface area contributed by atoms with Crippen molar-refractivity contribution in [3.8, 4) is 0 Å². The number of fused-ring (bicyclic) bond motifs is 1. The van der Waals surface area contributed by atoms with Gasteiger partial charge in [-0.05, 0) is 30.2 Å². The van der Waals surface area contributed by atoms with Crippen LogP contribution in [0.1, 0.15) is 18.1 Å². The van der Waals surface area contributed by atoms with E-state index < -0.39 is 0 Å². The average Bonchev–Trinajstić information content (AvgIpc) is 3.11. The Morgan fingerprint density at radius 1 is 1.52 bits per heavy atom. The Morgan fingerprint density at radius 3 is 3.10 bits per heavy atom. The van der Waals surface area contributed by atoms with Crippen molar-refractivity contribution < 1.29 is 4.79 Å². The van der Waals surface area contributed by atoms with Crippen molar-refractivity contribution in [2.24, 2.45) is 0 Å². The number of nitrogens with one attached hydrogen (secondary N) is 1. The van der Waals surface area contributed by atoms with Crippen molar-refractivity contribution in [3.05, 3.63) is 48.3 Å². The van der Waals surface area contributed by atoms with E-state index in [1.807, 2.05) is 29.4 Å². The second-order valence-corrected chi connectivity index (χ2v) is 5.13. The number of hydrogen-bond acceptors (Lipinski definition) is 3. The molecule has 1 N–H and O–H groups in total. The molecule has 0 radical (unpaired) electrons. The Hall–Kier alpha value is -2.56. The molecule has 5 nitrogen and oxygen atoms in total. The molecule has 0 unspecified atom stereocenters. The zero-order chi connectivity index (χ0) is 14.8. The lowest BCUT2D eigenvalue weighted by Gasteiger charge is -2.15. The van der Waals surface area contributed by atoms with Gasteiger partial charge in [-0.15, -0.1) is 0 Å². The van der Waals surface area contributed by atoms with E-state index in [9.17, 15) is 4.79 Å². The van der Waals surface area contributed by atoms with Crippen LogP contribution in [0.5, 0.6) is 0 Å². The fraction of sp³-hybridized carbons (Fsp3) is 0.250. The number of rotatable bonds is 4. The molecule has 3 rings (SSSR count). The van der Waals surface area contributed by atoms with E-state index in [4.69, 9.17) is 0 Å². The quantitative estimate of drug-likeness (QED) is 0.937. The van der Waals surface area contributed by atoms with Gasteiger partial charge >= 0.3 is 0 Å². The van der Waals surface area contributed by atoms with Crippen LogP contribution in [0.3, 0.4) is 0 Å². The molecule has 0 saturated carbocycles. The van der Waals surface area contributed by atoms with E-state index in [0.717, 1.165) is 29.9 Å². The normalized spacial score (nSPS) is 13.1. The molecule has 0 aliphatic carbocycles. The molecular weight excluding hydrogens is 264 g/mol. The minimum atomic E-state index is 0.103. The third-order valence-corrected chi connectivity index (χ3v) is 3.69. The van der Waals surface area contributed by atoms with E-state index in [2.05, 4.69) is 23.1 Å². The van der Waals surface area contributed by atoms with Crippen LogP contribution in [0.15, 0.2) is 37.2 Å². The molecule has 0 atom stereocenters. The molecule has 1 aliphatic heterocycles. The van der Waals surface area contributed by atoms with Gasteiger partial charge in [0.1, 0.15) is 0 Å². The number of carbonyl (C=O) groups is 1. The number of nitrogens with zero attached hydrogens (tertiary/aromatic N) is 3. The fourth-order valence-electron chi connectivity index (χ4n) is 2.61. The summed E-state index contributed by atoms with van der Waals surface area (Å²) in [6.45, 7) is 6.77. The van der Waals surface area contributed by atoms with Gasteiger partial charge in [-0.3, -0.25) is 4.79 Å². The summed E-state index contributed by atoms with van der Waals surface area (Å²) in [6, 6.07) is 6.15. The number of hydrogen-bond donors (Lipinski definition) is 1. The number of carbonyl (C=O) groups excluding carboxylic acids is 1. The Morgan fingerprint density at radius 2 is 2.38 bits per heavy atom. The standard InChI is InChI=1S/C16H18N4O/c1-3-19-11-13(10-18-19)9-17-15-4-5-16-14(8-15)6-7-20(16)12(2)21/h3-5,8,10-11,17H,1,6-7,9H2,2H3. The first-order chi connectivity index (χ1) is 10.2. The predicted octanol–water partition coefficient (Wildman–Crippen LogP) is 2.50. The molecule has 1 aromatic heterocycles. The van der Waals surface area contributed by atoms with Crippen LogP contribution in [0.4, 0.5) is 11.4 Å². The molecule has 2 aromatic rings. The molecule has 2 heterocycles. The summed E-state index contributed by atoms with van der Waals surface area (Å²) >= 11 is 0. The van der Waals surface area contributed by atoms with E-state index in [-0.39, 0.29) is 5.91 Å². The SMILES string of the molecule is C=Cn1cc(CNc2ccc3c(c2)CCN3C(C)=O)cn1. The lowest BCUT2D eigenvalue weighted by Crippen LogP contribution is -2.25. The maximum Gasteiger partial charge on any atom is 0.223 e. The van der Waals surface area contributed by atoms with Gasteiger partial charge < -0.3 is 10.2 Å². The Bertz CT molecular complexity index is 689. The van der Waals surface area contributed by atoms with Crippen LogP contribution in [0.25, 0.3) is 6.20 Å². The largest absolute Gasteiger partial charge is 0.381 e. The zero-order valence-electron chi connectivity index (χ0n) is 12.0. The molecule has 0 fully saturated rings. The van der Waals surface area contributed by atoms with Gasteiger partial charge in [0.25, 0.3) is 0 Å². The molecule has 0 saturated heterocycles. The van der Waals surface area contributed by atoms with Gasteiger partial charge in [0.05, 0.1) is 6.20 Å². The van der Waals surface area contributed by atoms with Crippen molar-refractivity contribution in [1.82, 2.24) is 9.78 Å². The van der Waals surface area contributed by atoms with E-state index >= 15 is 0 Å². The van der Waals surface area contributed by atoms with Gasteiger partial charge in [0.2, 0.25) is 5.91 Å². The van der Waals surface area contributed by atoms with Gasteiger partial charge in [-0.1, -0.05) is 6.58 Å². The highest BCUT2D eigenvalue weighted by molar-refractivity contribution is 5.94. The maximum absolute atomic E-state index is 11.5. The molecule has 0 bridgehead atoms. The van der Waals surface area contributed by atoms with Crippen LogP contribution >= 0.6 is 0 Å². The van der Waals surface area contributed by atoms with Crippen LogP contribution in [-0.4, -0.2) is 22.2 Å². The summed E-state index contributed by atoms with van der Waals surface area (Å²) in [7, 11) is 0. The molecule has 1 aliphatic rings. The van der Waals surface area contributed by atoms with Crippen LogP contribution in [-0.2, 0) is 17.8 Å². The second kappa shape index (κ2) is 5.44. The van der Waals surface area contributed by atoms with Crippen LogP contribution in [0, 0.1) is 0 Å². The number of benzene rings is 1. The molecule has 21 heavy (non-hydrogen) atoms. The summed E-state index contributed by atoms with van der Waals surface area (Å²) in [5, 5.41) is 7.53. The third-order valence-electron chi connectivity index (χ3n) is 3.69. The van der Waals surface area contributed by atoms with Crippen LogP contribution < -0.4 is 10.2 Å². The van der Waals surface area contributed by atoms with Gasteiger partial charge in [0.15, 0.2) is 0 Å². The lowest BCUT2D eigenvalue weighted by atomic mass is 10.1. The number of anilines is 2. The topological polar surface area (TPSA) is 50.2 Å². The van der Waals surface area contributed by atoms with E-state index in [1.54, 1.807) is 17.8 Å². The molecule has 1 amide bonds. The average molecular weight is 282 g/mol. The first-order valence-electron chi connectivity index (χ1n) is 6.98. The summed E-state index contributed by atoms with van der Waals surface area (Å²) < 4.78 is 1.68. The first kappa shape index (κ1) is 13.4. The molecule has 108 valence electrons. The fourth-order valence-corrected chi connectivity index (χ4v) is 2.61. The minimum Gasteiger partial charge on any atom is -0.381 e. The predicted molar refractivity (Wildman–Crippen MR) is 84.1 cm³/mol. The Kier molecular flexibility index (Phi) is 3.48. The molecule has 5 heteroatoms. The maximum atomic E-state index is 11.5. The number of amides is 1. The summed E-state index contributed by atoms with van der Waals surface area (Å²) in [4.78, 5) is 13.4. The first-order valence-corrected chi connectivity index (χ1v) is 6.98. The van der Waals surface area contributed by atoms with Gasteiger partial charge in [-0.25, -0.2) is 4.68 Å². The summed E-state index contributed by atoms with van der Waals surface area (Å²) in [6.07, 6.45) is 6.33. The van der Waals surface area contributed by atoms with Crippen molar-refractivity contribution in [2.45, 2.75) is 19.9 Å². The van der Waals surface area contributed by atoms with Crippen molar-refractivity contribution in [2.75, 3.05) is 16.8 Å². The minimum absolute atomic E-state index is 0.103. The van der Waals surface area contributed by atoms with Gasteiger partial charge in [-0.2, -0.15) is 5.10 Å². The molecule has 0 spiro atoms. The zero-order valence-corrected chi connectivity index (χ0v) is 12.0. The lowest BCUT2D eigenvalue weighted by molar-refractivity contribution is -0.116. The van der Waals surface area contributed by atoms with Crippen molar-refractivity contribution in [1.29, 1.82) is 0 Å². The highest BCUT2D eigenvalue weighted by Gasteiger charge is 2.21. The Labute approximate surface area is 123 Å². The Balaban J connectivity index is 1.70. The van der Waals surface area contributed by atoms with Crippen molar-refractivity contribution >= 4 is 23.5 Å². The summed E-state index contributed by atoms with van der Waals surface area (Å²) in [5.74, 6) is 0.103. The van der Waals surface area contributed by atoms with Crippen molar-refractivity contribution in [3.63, 3.8) is 0 Å². The molecule has 1 aromatic carbocycles. The molecular formula is C16H18N4O. The van der Waals surface area contributed by atoms with Crippen LogP contribution in [0.2, 0.25) is 0 Å². The van der Waals surface area contributed by atoms with E-state index in [0.29, 0.717) is 6.54 Å². The monoisotopic (exact) mass is 282 g/mol. The third kappa shape index (κ3) is 2.67. The van der Waals surface area contributed by atoms with Gasteiger partial charge in [0, 0.05) is 49.3 Å².